The summed E-state index contributed by atoms with van der Waals surface area (Å²) in [5.74, 6) is 1.00. The lowest BCUT2D eigenvalue weighted by Gasteiger charge is -2.23. The summed E-state index contributed by atoms with van der Waals surface area (Å²) in [6.07, 6.45) is 2.76. The van der Waals surface area contributed by atoms with E-state index in [-0.39, 0.29) is 11.5 Å². The van der Waals surface area contributed by atoms with Crippen molar-refractivity contribution in [1.29, 1.82) is 0 Å². The average molecular weight is 382 g/mol. The number of nitrogens with one attached hydrogen (secondary N) is 2. The summed E-state index contributed by atoms with van der Waals surface area (Å²) >= 11 is 0. The molecule has 0 fully saturated rings. The van der Waals surface area contributed by atoms with Gasteiger partial charge < -0.3 is 10.6 Å². The molecule has 0 aromatic heterocycles. The maximum absolute atomic E-state index is 12.2. The normalized spacial score (nSPS) is 14.1. The number of hydrogen-bond donors (Lipinski definition) is 2. The van der Waals surface area contributed by atoms with E-state index < -0.39 is 9.84 Å². The van der Waals surface area contributed by atoms with E-state index in [9.17, 15) is 8.42 Å². The third-order valence-electron chi connectivity index (χ3n) is 4.09. The van der Waals surface area contributed by atoms with Gasteiger partial charge >= 0.3 is 0 Å². The third-order valence-corrected chi connectivity index (χ3v) is 5.77. The van der Waals surface area contributed by atoms with Crippen molar-refractivity contribution in [3.05, 3.63) is 35.9 Å². The SMILES string of the molecule is CN=C(NCCCS(=O)(=O)Cc1ccccc1)NC(C)CCC(C)(C)C. The van der Waals surface area contributed by atoms with E-state index in [0.717, 1.165) is 24.4 Å². The van der Waals surface area contributed by atoms with Gasteiger partial charge in [-0.3, -0.25) is 4.99 Å². The van der Waals surface area contributed by atoms with Crippen LogP contribution in [0.3, 0.4) is 0 Å². The van der Waals surface area contributed by atoms with E-state index in [1.165, 1.54) is 0 Å². The van der Waals surface area contributed by atoms with E-state index >= 15 is 0 Å². The molecule has 6 heteroatoms. The number of aliphatic imine (C=N–C) groups is 1. The molecule has 0 saturated heterocycles. The van der Waals surface area contributed by atoms with Gasteiger partial charge in [-0.05, 0) is 37.2 Å². The molecule has 1 unspecified atom stereocenters. The van der Waals surface area contributed by atoms with Gasteiger partial charge in [0.25, 0.3) is 0 Å². The Morgan fingerprint density at radius 3 is 2.42 bits per heavy atom. The highest BCUT2D eigenvalue weighted by molar-refractivity contribution is 7.90. The van der Waals surface area contributed by atoms with Crippen LogP contribution in [0.15, 0.2) is 35.3 Å². The number of benzene rings is 1. The molecule has 148 valence electrons. The monoisotopic (exact) mass is 381 g/mol. The fraction of sp³-hybridized carbons (Fsp3) is 0.650. The summed E-state index contributed by atoms with van der Waals surface area (Å²) < 4.78 is 24.4. The smallest absolute Gasteiger partial charge is 0.191 e. The minimum atomic E-state index is -3.09. The Bertz CT molecular complexity index is 649. The molecular weight excluding hydrogens is 346 g/mol. The molecule has 2 N–H and O–H groups in total. The van der Waals surface area contributed by atoms with Crippen LogP contribution in [0, 0.1) is 5.41 Å². The topological polar surface area (TPSA) is 70.6 Å². The first kappa shape index (κ1) is 22.5. The minimum Gasteiger partial charge on any atom is -0.356 e. The van der Waals surface area contributed by atoms with E-state index in [4.69, 9.17) is 0 Å². The molecule has 0 aliphatic carbocycles. The molecule has 5 nitrogen and oxygen atoms in total. The summed E-state index contributed by atoms with van der Waals surface area (Å²) in [5.41, 5.74) is 1.16. The van der Waals surface area contributed by atoms with Crippen molar-refractivity contribution in [2.24, 2.45) is 10.4 Å². The second-order valence-electron chi connectivity index (χ2n) is 8.07. The quantitative estimate of drug-likeness (QED) is 0.391. The lowest BCUT2D eigenvalue weighted by Crippen LogP contribution is -2.43. The third kappa shape index (κ3) is 10.4. The van der Waals surface area contributed by atoms with Gasteiger partial charge in [-0.15, -0.1) is 0 Å². The Morgan fingerprint density at radius 1 is 1.19 bits per heavy atom. The van der Waals surface area contributed by atoms with Gasteiger partial charge in [0, 0.05) is 19.6 Å². The van der Waals surface area contributed by atoms with Crippen LogP contribution in [0.25, 0.3) is 0 Å². The van der Waals surface area contributed by atoms with E-state index in [1.807, 2.05) is 30.3 Å². The zero-order valence-electron chi connectivity index (χ0n) is 16.9. The standard InChI is InChI=1S/C20H35N3O2S/c1-17(12-13-20(2,3)4)23-19(21-5)22-14-9-15-26(24,25)16-18-10-7-6-8-11-18/h6-8,10-11,17H,9,12-16H2,1-5H3,(H2,21,22,23). The number of hydrogen-bond acceptors (Lipinski definition) is 3. The highest BCUT2D eigenvalue weighted by Gasteiger charge is 2.14. The molecule has 1 rings (SSSR count). The van der Waals surface area contributed by atoms with Crippen LogP contribution in [0.5, 0.6) is 0 Å². The maximum Gasteiger partial charge on any atom is 0.191 e. The van der Waals surface area contributed by atoms with Crippen molar-refractivity contribution in [2.45, 2.75) is 58.8 Å². The molecule has 1 aromatic rings. The summed E-state index contributed by atoms with van der Waals surface area (Å²) in [5, 5.41) is 6.57. The predicted octanol–water partition coefficient (Wildman–Crippen LogP) is 3.37. The van der Waals surface area contributed by atoms with Gasteiger partial charge in [-0.1, -0.05) is 51.1 Å². The van der Waals surface area contributed by atoms with Crippen LogP contribution >= 0.6 is 0 Å². The highest BCUT2D eigenvalue weighted by Crippen LogP contribution is 2.21. The van der Waals surface area contributed by atoms with Gasteiger partial charge in [0.2, 0.25) is 0 Å². The Labute approximate surface area is 159 Å². The first-order valence-electron chi connectivity index (χ1n) is 9.33. The van der Waals surface area contributed by atoms with Crippen LogP contribution in [0.2, 0.25) is 0 Å². The largest absolute Gasteiger partial charge is 0.356 e. The fourth-order valence-electron chi connectivity index (χ4n) is 2.55. The summed E-state index contributed by atoms with van der Waals surface area (Å²) in [6.45, 7) is 9.44. The van der Waals surface area contributed by atoms with Crippen LogP contribution in [-0.4, -0.2) is 39.8 Å². The van der Waals surface area contributed by atoms with Gasteiger partial charge in [-0.25, -0.2) is 8.42 Å². The van der Waals surface area contributed by atoms with Gasteiger partial charge in [0.15, 0.2) is 15.8 Å². The molecule has 0 bridgehead atoms. The lowest BCUT2D eigenvalue weighted by atomic mass is 9.89. The number of sulfone groups is 1. The maximum atomic E-state index is 12.2. The van der Waals surface area contributed by atoms with E-state index in [0.29, 0.717) is 24.4 Å². The molecule has 1 atom stereocenters. The first-order chi connectivity index (χ1) is 12.1. The van der Waals surface area contributed by atoms with E-state index in [1.54, 1.807) is 7.05 Å². The van der Waals surface area contributed by atoms with Crippen molar-refractivity contribution in [1.82, 2.24) is 10.6 Å². The molecule has 0 saturated carbocycles. The van der Waals surface area contributed by atoms with Gasteiger partial charge in [0.05, 0.1) is 11.5 Å². The summed E-state index contributed by atoms with van der Waals surface area (Å²) in [6, 6.07) is 9.64. The Balaban J connectivity index is 2.32. The predicted molar refractivity (Wildman–Crippen MR) is 111 cm³/mol. The molecule has 0 aliphatic heterocycles. The zero-order valence-corrected chi connectivity index (χ0v) is 17.7. The Morgan fingerprint density at radius 2 is 1.85 bits per heavy atom. The van der Waals surface area contributed by atoms with Crippen molar-refractivity contribution >= 4 is 15.8 Å². The van der Waals surface area contributed by atoms with Gasteiger partial charge in [0.1, 0.15) is 0 Å². The second kappa shape index (κ2) is 10.6. The highest BCUT2D eigenvalue weighted by atomic mass is 32.2. The molecule has 0 amide bonds. The second-order valence-corrected chi connectivity index (χ2v) is 10.3. The average Bonchev–Trinajstić information content (AvgIpc) is 2.55. The number of guanidine groups is 1. The van der Waals surface area contributed by atoms with Crippen LogP contribution < -0.4 is 10.6 Å². The van der Waals surface area contributed by atoms with Crippen molar-refractivity contribution in [3.8, 4) is 0 Å². The van der Waals surface area contributed by atoms with Crippen LogP contribution in [-0.2, 0) is 15.6 Å². The molecular formula is C20H35N3O2S. The molecule has 0 heterocycles. The lowest BCUT2D eigenvalue weighted by molar-refractivity contribution is 0.346. The Hall–Kier alpha value is -1.56. The number of rotatable bonds is 9. The molecule has 0 radical (unpaired) electrons. The molecule has 0 aliphatic rings. The van der Waals surface area contributed by atoms with Crippen LogP contribution in [0.4, 0.5) is 0 Å². The summed E-state index contributed by atoms with van der Waals surface area (Å²) in [7, 11) is -1.35. The zero-order chi connectivity index (χ0) is 19.6. The van der Waals surface area contributed by atoms with Crippen LogP contribution in [0.1, 0.15) is 52.5 Å². The van der Waals surface area contributed by atoms with Crippen molar-refractivity contribution in [3.63, 3.8) is 0 Å². The van der Waals surface area contributed by atoms with Crippen molar-refractivity contribution in [2.75, 3.05) is 19.3 Å². The molecule has 1 aromatic carbocycles. The van der Waals surface area contributed by atoms with Crippen molar-refractivity contribution < 1.29 is 8.42 Å². The molecule has 26 heavy (non-hydrogen) atoms. The minimum absolute atomic E-state index is 0.102. The summed E-state index contributed by atoms with van der Waals surface area (Å²) in [4.78, 5) is 4.22. The first-order valence-corrected chi connectivity index (χ1v) is 11.1. The van der Waals surface area contributed by atoms with Gasteiger partial charge in [-0.2, -0.15) is 0 Å². The Kier molecular flexibility index (Phi) is 9.13. The fourth-order valence-corrected chi connectivity index (χ4v) is 3.98. The number of nitrogens with zero attached hydrogens (tertiary/aromatic N) is 1. The van der Waals surface area contributed by atoms with E-state index in [2.05, 4.69) is 43.3 Å². The molecule has 0 spiro atoms.